The Balaban J connectivity index is 1.52. The van der Waals surface area contributed by atoms with Crippen LogP contribution in [0, 0.1) is 18.8 Å². The summed E-state index contributed by atoms with van der Waals surface area (Å²) in [4.78, 5) is 25.2. The third-order valence-corrected chi connectivity index (χ3v) is 5.44. The molecule has 0 bridgehead atoms. The molecule has 0 heterocycles. The van der Waals surface area contributed by atoms with E-state index in [0.717, 1.165) is 17.0 Å². The predicted molar refractivity (Wildman–Crippen MR) is 113 cm³/mol. The molecule has 6 nitrogen and oxygen atoms in total. The van der Waals surface area contributed by atoms with Gasteiger partial charge < -0.3 is 20.1 Å². The molecule has 2 N–H and O–H groups in total. The van der Waals surface area contributed by atoms with E-state index >= 15 is 0 Å². The number of anilines is 2. The summed E-state index contributed by atoms with van der Waals surface area (Å²) in [5.74, 6) is 1.23. The minimum atomic E-state index is -0.0924. The van der Waals surface area contributed by atoms with Gasteiger partial charge in [0.15, 0.2) is 0 Å². The first kappa shape index (κ1) is 20.7. The van der Waals surface area contributed by atoms with Crippen molar-refractivity contribution in [2.45, 2.75) is 32.6 Å². The van der Waals surface area contributed by atoms with Gasteiger partial charge in [0.1, 0.15) is 11.5 Å². The normalized spacial score (nSPS) is 18.6. The van der Waals surface area contributed by atoms with Crippen molar-refractivity contribution in [2.75, 3.05) is 24.9 Å². The molecule has 2 amide bonds. The molecule has 29 heavy (non-hydrogen) atoms. The lowest BCUT2D eigenvalue weighted by molar-refractivity contribution is -0.125. The van der Waals surface area contributed by atoms with Crippen molar-refractivity contribution in [1.82, 2.24) is 0 Å². The van der Waals surface area contributed by atoms with Crippen LogP contribution in [0.1, 0.15) is 31.2 Å². The third kappa shape index (κ3) is 5.28. The SMILES string of the molecule is COc1ccc(NC(=O)C2CCC(C(=O)Nc3cc(C)ccc3OC)CC2)cc1. The quantitative estimate of drug-likeness (QED) is 0.759. The van der Waals surface area contributed by atoms with Crippen molar-refractivity contribution in [3.8, 4) is 11.5 Å². The van der Waals surface area contributed by atoms with Crippen LogP contribution in [0.2, 0.25) is 0 Å². The highest BCUT2D eigenvalue weighted by Gasteiger charge is 2.30. The monoisotopic (exact) mass is 396 g/mol. The fourth-order valence-corrected chi connectivity index (χ4v) is 3.69. The average Bonchev–Trinajstić information content (AvgIpc) is 2.74. The molecule has 1 aliphatic rings. The van der Waals surface area contributed by atoms with Crippen LogP contribution >= 0.6 is 0 Å². The molecular formula is C23H28N2O4. The lowest BCUT2D eigenvalue weighted by Gasteiger charge is -2.27. The van der Waals surface area contributed by atoms with Gasteiger partial charge in [0.05, 0.1) is 19.9 Å². The standard InChI is InChI=1S/C23H28N2O4/c1-15-4-13-21(29-3)20(14-15)25-23(27)17-7-5-16(6-8-17)22(26)24-18-9-11-19(28-2)12-10-18/h4,9-14,16-17H,5-8H2,1-3H3,(H,24,26)(H,25,27). The molecule has 0 spiro atoms. The van der Waals surface area contributed by atoms with Crippen molar-refractivity contribution < 1.29 is 19.1 Å². The Bertz CT molecular complexity index is 856. The first-order chi connectivity index (χ1) is 14.0. The van der Waals surface area contributed by atoms with Crippen LogP contribution in [0.5, 0.6) is 11.5 Å². The number of carbonyl (C=O) groups excluding carboxylic acids is 2. The van der Waals surface area contributed by atoms with E-state index in [2.05, 4.69) is 10.6 Å². The zero-order valence-corrected chi connectivity index (χ0v) is 17.2. The highest BCUT2D eigenvalue weighted by Crippen LogP contribution is 2.32. The second-order valence-electron chi connectivity index (χ2n) is 7.46. The summed E-state index contributed by atoms with van der Waals surface area (Å²) in [5, 5.41) is 5.95. The third-order valence-electron chi connectivity index (χ3n) is 5.44. The van der Waals surface area contributed by atoms with Gasteiger partial charge in [-0.15, -0.1) is 0 Å². The molecule has 3 rings (SSSR count). The molecule has 6 heteroatoms. The van der Waals surface area contributed by atoms with E-state index in [9.17, 15) is 9.59 Å². The largest absolute Gasteiger partial charge is 0.497 e. The van der Waals surface area contributed by atoms with Crippen molar-refractivity contribution >= 4 is 23.2 Å². The summed E-state index contributed by atoms with van der Waals surface area (Å²) in [5.41, 5.74) is 2.50. The van der Waals surface area contributed by atoms with E-state index < -0.39 is 0 Å². The summed E-state index contributed by atoms with van der Waals surface area (Å²) < 4.78 is 10.5. The topological polar surface area (TPSA) is 76.7 Å². The fourth-order valence-electron chi connectivity index (χ4n) is 3.69. The molecule has 2 aromatic carbocycles. The van der Waals surface area contributed by atoms with Gasteiger partial charge in [-0.3, -0.25) is 9.59 Å². The van der Waals surface area contributed by atoms with Crippen LogP contribution in [0.25, 0.3) is 0 Å². The van der Waals surface area contributed by atoms with Crippen LogP contribution in [0.4, 0.5) is 11.4 Å². The average molecular weight is 396 g/mol. The summed E-state index contributed by atoms with van der Waals surface area (Å²) in [6.45, 7) is 1.97. The lowest BCUT2D eigenvalue weighted by Crippen LogP contribution is -2.32. The van der Waals surface area contributed by atoms with Gasteiger partial charge in [-0.25, -0.2) is 0 Å². The molecule has 2 aromatic rings. The van der Waals surface area contributed by atoms with E-state index in [0.29, 0.717) is 37.1 Å². The van der Waals surface area contributed by atoms with E-state index in [1.54, 1.807) is 14.2 Å². The van der Waals surface area contributed by atoms with Crippen molar-refractivity contribution in [3.63, 3.8) is 0 Å². The van der Waals surface area contributed by atoms with Crippen molar-refractivity contribution in [3.05, 3.63) is 48.0 Å². The summed E-state index contributed by atoms with van der Waals surface area (Å²) in [7, 11) is 3.20. The van der Waals surface area contributed by atoms with Gasteiger partial charge in [0, 0.05) is 17.5 Å². The second kappa shape index (κ2) is 9.45. The van der Waals surface area contributed by atoms with Crippen LogP contribution in [0.3, 0.4) is 0 Å². The molecule has 0 saturated heterocycles. The van der Waals surface area contributed by atoms with Gasteiger partial charge in [-0.1, -0.05) is 6.07 Å². The number of amides is 2. The molecule has 0 radical (unpaired) electrons. The Morgan fingerprint density at radius 2 is 1.41 bits per heavy atom. The van der Waals surface area contributed by atoms with E-state index in [-0.39, 0.29) is 23.7 Å². The van der Waals surface area contributed by atoms with Gasteiger partial charge in [0.25, 0.3) is 0 Å². The van der Waals surface area contributed by atoms with Gasteiger partial charge in [-0.05, 0) is 74.6 Å². The molecule has 0 aromatic heterocycles. The van der Waals surface area contributed by atoms with Crippen LogP contribution in [0.15, 0.2) is 42.5 Å². The highest BCUT2D eigenvalue weighted by atomic mass is 16.5. The Hall–Kier alpha value is -3.02. The Kier molecular flexibility index (Phi) is 6.75. The minimum absolute atomic E-state index is 0.00868. The minimum Gasteiger partial charge on any atom is -0.497 e. The van der Waals surface area contributed by atoms with E-state index in [4.69, 9.17) is 9.47 Å². The van der Waals surface area contributed by atoms with E-state index in [1.807, 2.05) is 49.4 Å². The first-order valence-electron chi connectivity index (χ1n) is 9.90. The fraction of sp³-hybridized carbons (Fsp3) is 0.391. The second-order valence-corrected chi connectivity index (χ2v) is 7.46. The van der Waals surface area contributed by atoms with Crippen LogP contribution in [-0.2, 0) is 9.59 Å². The molecule has 0 unspecified atom stereocenters. The van der Waals surface area contributed by atoms with E-state index in [1.165, 1.54) is 0 Å². The summed E-state index contributed by atoms with van der Waals surface area (Å²) in [6.07, 6.45) is 2.79. The number of carbonyl (C=O) groups is 2. The number of hydrogen-bond acceptors (Lipinski definition) is 4. The zero-order valence-electron chi connectivity index (χ0n) is 17.2. The molecule has 1 saturated carbocycles. The number of rotatable bonds is 6. The first-order valence-corrected chi connectivity index (χ1v) is 9.90. The Labute approximate surface area is 171 Å². The van der Waals surface area contributed by atoms with Crippen molar-refractivity contribution in [2.24, 2.45) is 11.8 Å². The zero-order chi connectivity index (χ0) is 20.8. The molecule has 1 fully saturated rings. The predicted octanol–water partition coefficient (Wildman–Crippen LogP) is 4.40. The maximum atomic E-state index is 12.7. The number of hydrogen-bond donors (Lipinski definition) is 2. The molecule has 1 aliphatic carbocycles. The molecule has 0 atom stereocenters. The number of aryl methyl sites for hydroxylation is 1. The summed E-state index contributed by atoms with van der Waals surface area (Å²) in [6, 6.07) is 13.0. The molecular weight excluding hydrogens is 368 g/mol. The number of methoxy groups -OCH3 is 2. The van der Waals surface area contributed by atoms with Gasteiger partial charge in [0.2, 0.25) is 11.8 Å². The van der Waals surface area contributed by atoms with Crippen LogP contribution < -0.4 is 20.1 Å². The number of ether oxygens (including phenoxy) is 2. The highest BCUT2D eigenvalue weighted by molar-refractivity contribution is 5.95. The van der Waals surface area contributed by atoms with Gasteiger partial charge in [-0.2, -0.15) is 0 Å². The Morgan fingerprint density at radius 1 is 0.828 bits per heavy atom. The maximum Gasteiger partial charge on any atom is 0.227 e. The Morgan fingerprint density at radius 3 is 1.97 bits per heavy atom. The number of benzene rings is 2. The lowest BCUT2D eigenvalue weighted by atomic mass is 9.81. The number of nitrogens with one attached hydrogen (secondary N) is 2. The summed E-state index contributed by atoms with van der Waals surface area (Å²) >= 11 is 0. The molecule has 154 valence electrons. The van der Waals surface area contributed by atoms with Crippen molar-refractivity contribution in [1.29, 1.82) is 0 Å². The molecule has 0 aliphatic heterocycles. The maximum absolute atomic E-state index is 12.7. The van der Waals surface area contributed by atoms with Crippen LogP contribution in [-0.4, -0.2) is 26.0 Å². The smallest absolute Gasteiger partial charge is 0.227 e. The van der Waals surface area contributed by atoms with Gasteiger partial charge >= 0.3 is 0 Å².